The van der Waals surface area contributed by atoms with Crippen LogP contribution in [0.2, 0.25) is 0 Å². The predicted molar refractivity (Wildman–Crippen MR) is 156 cm³/mol. The number of ketones is 1. The fourth-order valence-electron chi connectivity index (χ4n) is 8.28. The Balaban J connectivity index is 0.00000312. The molecule has 14 nitrogen and oxygen atoms in total. The molecule has 3 aliphatic carbocycles. The molecule has 48 heavy (non-hydrogen) atoms. The average molecular weight is 1100 g/mol. The van der Waals surface area contributed by atoms with Gasteiger partial charge in [-0.15, -0.1) is 0 Å². The van der Waals surface area contributed by atoms with Crippen molar-refractivity contribution in [1.29, 1.82) is 0 Å². The number of fused-ring (bicyclic) bond motifs is 5. The largest absolute Gasteiger partial charge is 0.459 e. The van der Waals surface area contributed by atoms with E-state index in [2.05, 4.69) is 10.3 Å². The molecule has 2 saturated carbocycles. The molecular formula is C32H42Ac2N2O12. The van der Waals surface area contributed by atoms with Gasteiger partial charge in [-0.3, -0.25) is 19.4 Å². The maximum absolute atomic E-state index is 14.3. The molecule has 1 amide bonds. The molecule has 3 fully saturated rings. The van der Waals surface area contributed by atoms with Gasteiger partial charge in [-0.05, 0) is 42.7 Å². The summed E-state index contributed by atoms with van der Waals surface area (Å²) >= 11 is 0. The van der Waals surface area contributed by atoms with E-state index in [9.17, 15) is 44.7 Å². The number of esters is 2. The van der Waals surface area contributed by atoms with Crippen molar-refractivity contribution in [3.8, 4) is 0 Å². The van der Waals surface area contributed by atoms with E-state index < -0.39 is 101 Å². The van der Waals surface area contributed by atoms with Crippen LogP contribution in [0.15, 0.2) is 35.7 Å². The number of hydrogen-bond donors (Lipinski definition) is 6. The van der Waals surface area contributed by atoms with Gasteiger partial charge in [0.1, 0.15) is 29.5 Å². The number of aliphatic hydroxyl groups is 5. The standard InChI is InChI=1S/C32H42N2O12.2Ac/c1-14-18(46-28(41)24(39)22(34-15(2)35)17-7-9-33-10-8-17)12-32(43)27(45-16(3)36)25-30(6,19(37)11-20-31(25,42)13-44-20)26(40)23(38)21(14)29(32,4)5;;/h7-10,18-20,22-25,27,37-39,42-43H,11-13H2,1-6H3,(H,34,35);;/t18?,19-,20+,22-,23+,24+,25-,27-,30+,31-,32+;;/m0../s1. The van der Waals surface area contributed by atoms with Crippen molar-refractivity contribution < 1.29 is 147 Å². The van der Waals surface area contributed by atoms with Gasteiger partial charge in [0, 0.05) is 139 Å². The second kappa shape index (κ2) is 14.9. The average Bonchev–Trinajstić information content (AvgIpc) is 2.98. The molecule has 2 radical (unpaired) electrons. The van der Waals surface area contributed by atoms with Gasteiger partial charge >= 0.3 is 11.9 Å². The number of nitrogens with one attached hydrogen (secondary N) is 1. The van der Waals surface area contributed by atoms with Gasteiger partial charge in [-0.1, -0.05) is 13.8 Å². The molecule has 1 unspecified atom stereocenters. The fraction of sp³-hybridized carbons (Fsp3) is 0.656. The van der Waals surface area contributed by atoms with Crippen LogP contribution < -0.4 is 5.32 Å². The molecule has 5 rings (SSSR count). The minimum Gasteiger partial charge on any atom is -0.459 e. The summed E-state index contributed by atoms with van der Waals surface area (Å²) in [7, 11) is 0. The van der Waals surface area contributed by atoms with Crippen LogP contribution in [-0.2, 0) is 33.4 Å². The number of amides is 1. The number of carbonyl (C=O) groups excluding carboxylic acids is 4. The van der Waals surface area contributed by atoms with E-state index >= 15 is 0 Å². The monoisotopic (exact) mass is 1100 g/mol. The summed E-state index contributed by atoms with van der Waals surface area (Å²) in [4.78, 5) is 56.4. The Morgan fingerprint density at radius 3 is 2.19 bits per heavy atom. The van der Waals surface area contributed by atoms with Crippen molar-refractivity contribution in [2.45, 2.75) is 108 Å². The Labute approximate surface area is 349 Å². The summed E-state index contributed by atoms with van der Waals surface area (Å²) in [6.45, 7) is 8.00. The van der Waals surface area contributed by atoms with Gasteiger partial charge in [0.05, 0.1) is 30.3 Å². The molecule has 1 aliphatic heterocycles. The SMILES string of the molecule is CC(=O)N[C@@H](c1ccncc1)[C@@H](O)C(=O)OC1C[C@@]2(O)[C@@H](OC(C)=O)[C@@H]3[C@]4(O)CO[C@@H]4C[C@H](O)[C@@]3(C)C(=O)[C@H](O)C(=C1C)C2(C)C.[Ac].[Ac]. The van der Waals surface area contributed by atoms with Gasteiger partial charge in [-0.2, -0.15) is 0 Å². The first-order valence-electron chi connectivity index (χ1n) is 15.2. The van der Waals surface area contributed by atoms with Gasteiger partial charge in [0.2, 0.25) is 5.91 Å². The van der Waals surface area contributed by atoms with E-state index in [4.69, 9.17) is 14.2 Å². The Bertz CT molecular complexity index is 1480. The number of aromatic nitrogens is 1. The van der Waals surface area contributed by atoms with E-state index in [0.717, 1.165) is 6.92 Å². The zero-order valence-electron chi connectivity index (χ0n) is 27.7. The van der Waals surface area contributed by atoms with Crippen LogP contribution in [0, 0.1) is 105 Å². The number of pyridine rings is 1. The number of rotatable bonds is 6. The zero-order valence-corrected chi connectivity index (χ0v) is 37.2. The molecule has 16 heteroatoms. The molecule has 0 aromatic carbocycles. The first-order valence-corrected chi connectivity index (χ1v) is 15.2. The first-order chi connectivity index (χ1) is 21.3. The molecule has 6 N–H and O–H groups in total. The van der Waals surface area contributed by atoms with E-state index in [1.165, 1.54) is 45.3 Å². The predicted octanol–water partition coefficient (Wildman–Crippen LogP) is -0.599. The second-order valence-electron chi connectivity index (χ2n) is 13.8. The molecule has 1 saturated heterocycles. The summed E-state index contributed by atoms with van der Waals surface area (Å²) < 4.78 is 17.1. The van der Waals surface area contributed by atoms with Crippen molar-refractivity contribution in [3.63, 3.8) is 0 Å². The third-order valence-electron chi connectivity index (χ3n) is 10.9. The normalized spacial score (nSPS) is 37.7. The maximum atomic E-state index is 14.3. The third kappa shape index (κ3) is 6.56. The smallest absolute Gasteiger partial charge is 0.338 e. The number of hydrogen-bond acceptors (Lipinski definition) is 13. The molecule has 2 bridgehead atoms. The van der Waals surface area contributed by atoms with Crippen LogP contribution in [0.3, 0.4) is 0 Å². The summed E-state index contributed by atoms with van der Waals surface area (Å²) in [6.07, 6.45) is -7.04. The number of nitrogens with zero attached hydrogens (tertiary/aromatic N) is 1. The van der Waals surface area contributed by atoms with Gasteiger partial charge in [0.25, 0.3) is 0 Å². The molecule has 1 aromatic rings. The Morgan fingerprint density at radius 2 is 1.67 bits per heavy atom. The van der Waals surface area contributed by atoms with E-state index in [-0.39, 0.29) is 112 Å². The van der Waals surface area contributed by atoms with Crippen LogP contribution in [0.25, 0.3) is 0 Å². The Kier molecular flexibility index (Phi) is 13.1. The number of ether oxygens (including phenoxy) is 3. The number of aliphatic hydroxyl groups excluding tert-OH is 3. The maximum Gasteiger partial charge on any atom is 0.338 e. The Morgan fingerprint density at radius 1 is 1.06 bits per heavy atom. The number of carbonyl (C=O) groups is 4. The van der Waals surface area contributed by atoms with Crippen molar-refractivity contribution in [1.82, 2.24) is 10.3 Å². The van der Waals surface area contributed by atoms with Crippen molar-refractivity contribution in [2.75, 3.05) is 6.61 Å². The topological polar surface area (TPSA) is 222 Å². The minimum absolute atomic E-state index is 0. The van der Waals surface area contributed by atoms with Crippen molar-refractivity contribution in [3.05, 3.63) is 41.2 Å². The van der Waals surface area contributed by atoms with E-state index in [1.807, 2.05) is 0 Å². The zero-order chi connectivity index (χ0) is 34.1. The summed E-state index contributed by atoms with van der Waals surface area (Å²) in [5, 5.41) is 61.5. The Hall–Kier alpha value is -0.387. The van der Waals surface area contributed by atoms with Crippen LogP contribution >= 0.6 is 0 Å². The third-order valence-corrected chi connectivity index (χ3v) is 10.9. The fourth-order valence-corrected chi connectivity index (χ4v) is 8.28. The van der Waals surface area contributed by atoms with Crippen molar-refractivity contribution >= 4 is 23.6 Å². The summed E-state index contributed by atoms with van der Waals surface area (Å²) in [5.41, 5.74) is -6.94. The summed E-state index contributed by atoms with van der Waals surface area (Å²) in [5.74, 6) is -4.90. The molecule has 1 aromatic heterocycles. The van der Waals surface area contributed by atoms with Crippen molar-refractivity contribution in [2.24, 2.45) is 16.7 Å². The molecule has 11 atom stereocenters. The molecule has 258 valence electrons. The molecular weight excluding hydrogens is 1060 g/mol. The molecule has 0 spiro atoms. The van der Waals surface area contributed by atoms with Crippen LogP contribution in [0.5, 0.6) is 0 Å². The van der Waals surface area contributed by atoms with Crippen LogP contribution in [0.1, 0.15) is 66.0 Å². The van der Waals surface area contributed by atoms with E-state index in [1.54, 1.807) is 13.8 Å². The number of Topliss-reactive ketones (excluding diaryl/α,β-unsaturated/α-hetero) is 1. The summed E-state index contributed by atoms with van der Waals surface area (Å²) in [6, 6.07) is 1.76. The molecule has 4 aliphatic rings. The van der Waals surface area contributed by atoms with Crippen LogP contribution in [0.4, 0.5) is 0 Å². The van der Waals surface area contributed by atoms with Gasteiger partial charge in [0.15, 0.2) is 11.9 Å². The minimum atomic E-state index is -2.22. The molecule has 2 heterocycles. The quantitative estimate of drug-likeness (QED) is 0.155. The van der Waals surface area contributed by atoms with E-state index in [0.29, 0.717) is 5.56 Å². The second-order valence-corrected chi connectivity index (χ2v) is 13.8. The van der Waals surface area contributed by atoms with Gasteiger partial charge in [-0.25, -0.2) is 4.79 Å². The van der Waals surface area contributed by atoms with Gasteiger partial charge < -0.3 is 45.1 Å². The van der Waals surface area contributed by atoms with Crippen LogP contribution in [-0.4, -0.2) is 109 Å². The first kappa shape index (κ1) is 42.0.